The van der Waals surface area contributed by atoms with Crippen LogP contribution in [-0.4, -0.2) is 66.3 Å². The molecule has 1 spiro atoms. The number of rotatable bonds is 2. The van der Waals surface area contributed by atoms with E-state index in [0.717, 1.165) is 25.3 Å². The summed E-state index contributed by atoms with van der Waals surface area (Å²) in [6.45, 7) is 7.09. The molecule has 0 aromatic heterocycles. The van der Waals surface area contributed by atoms with E-state index in [9.17, 15) is 45.0 Å². The van der Waals surface area contributed by atoms with Gasteiger partial charge in [-0.2, -0.15) is 0 Å². The molecule has 2 aromatic carbocycles. The molecule has 0 bridgehead atoms. The lowest BCUT2D eigenvalue weighted by molar-refractivity contribution is -0.193. The largest absolute Gasteiger partial charge is 0.508 e. The molecule has 4 aliphatic rings. The van der Waals surface area contributed by atoms with Crippen LogP contribution in [0.2, 0.25) is 0 Å². The van der Waals surface area contributed by atoms with Crippen molar-refractivity contribution in [2.75, 3.05) is 7.11 Å². The zero-order chi connectivity index (χ0) is 30.2. The third kappa shape index (κ3) is 2.80. The highest BCUT2D eigenvalue weighted by Gasteiger charge is 2.71. The Labute approximate surface area is 235 Å². The van der Waals surface area contributed by atoms with Crippen LogP contribution in [-0.2, 0) is 21.4 Å². The molecule has 4 atom stereocenters. The van der Waals surface area contributed by atoms with E-state index < -0.39 is 80.3 Å². The van der Waals surface area contributed by atoms with E-state index in [1.54, 1.807) is 0 Å². The molecule has 6 N–H and O–H groups in total. The predicted molar refractivity (Wildman–Crippen MR) is 145 cm³/mol. The summed E-state index contributed by atoms with van der Waals surface area (Å²) >= 11 is 0. The molecule has 4 aliphatic carbocycles. The molecule has 41 heavy (non-hydrogen) atoms. The van der Waals surface area contributed by atoms with Gasteiger partial charge in [0, 0.05) is 34.4 Å². The maximum atomic E-state index is 14.1. The van der Waals surface area contributed by atoms with Gasteiger partial charge >= 0.3 is 0 Å². The van der Waals surface area contributed by atoms with E-state index in [2.05, 4.69) is 19.9 Å². The van der Waals surface area contributed by atoms with Gasteiger partial charge in [0.25, 0.3) is 0 Å². The minimum absolute atomic E-state index is 0.114. The number of phenols is 2. The zero-order valence-corrected chi connectivity index (χ0v) is 23.4. The number of hydrogen-bond donors (Lipinski definition) is 6. The molecule has 6 rings (SSSR count). The normalized spacial score (nSPS) is 31.8. The molecule has 0 radical (unpaired) electrons. The molecule has 0 fully saturated rings. The number of hydrogen-bond acceptors (Lipinski definition) is 10. The molecule has 0 unspecified atom stereocenters. The van der Waals surface area contributed by atoms with E-state index in [0.29, 0.717) is 22.3 Å². The van der Waals surface area contributed by atoms with E-state index in [1.165, 1.54) is 13.2 Å². The van der Waals surface area contributed by atoms with Crippen LogP contribution in [0.1, 0.15) is 80.1 Å². The van der Waals surface area contributed by atoms with Gasteiger partial charge in [-0.05, 0) is 44.1 Å². The summed E-state index contributed by atoms with van der Waals surface area (Å²) in [4.78, 5) is 39.2. The lowest BCUT2D eigenvalue weighted by Gasteiger charge is -2.51. The molecule has 0 saturated carbocycles. The first-order chi connectivity index (χ1) is 19.0. The molecule has 216 valence electrons. The molecular weight excluding hydrogens is 532 g/mol. The molecule has 10 nitrogen and oxygen atoms in total. The fourth-order valence-electron chi connectivity index (χ4n) is 8.22. The monoisotopic (exact) mass is 564 g/mol. The molecule has 0 heterocycles. The van der Waals surface area contributed by atoms with Crippen LogP contribution < -0.4 is 4.74 Å². The van der Waals surface area contributed by atoms with Crippen LogP contribution in [0.3, 0.4) is 0 Å². The third-order valence-corrected chi connectivity index (χ3v) is 10.3. The van der Waals surface area contributed by atoms with E-state index in [-0.39, 0.29) is 17.4 Å². The number of aliphatic hydroxyl groups excluding tert-OH is 2. The van der Waals surface area contributed by atoms with Crippen molar-refractivity contribution in [1.29, 1.82) is 0 Å². The Kier molecular flexibility index (Phi) is 5.33. The first-order valence-corrected chi connectivity index (χ1v) is 13.5. The van der Waals surface area contributed by atoms with E-state index in [4.69, 9.17) is 4.74 Å². The topological polar surface area (TPSA) is 182 Å². The maximum Gasteiger partial charge on any atom is 0.217 e. The SMILES string of the molecule is COc1cc(O)c2c(O)c3c(c4c2c1[C@]1(C4)C(C)=CCCC1(C)C)[C@@H](O)[C@]1(O)CC(=O)C(C(C)=O)=C(O)[C@]1(O)C3=O. The second-order valence-corrected chi connectivity index (χ2v) is 12.5. The summed E-state index contributed by atoms with van der Waals surface area (Å²) in [6.07, 6.45) is 0.663. The van der Waals surface area contributed by atoms with Gasteiger partial charge in [-0.15, -0.1) is 0 Å². The van der Waals surface area contributed by atoms with Crippen LogP contribution in [0.5, 0.6) is 17.2 Å². The lowest BCUT2D eigenvalue weighted by atomic mass is 9.54. The van der Waals surface area contributed by atoms with Crippen LogP contribution in [0.15, 0.2) is 29.0 Å². The van der Waals surface area contributed by atoms with Crippen LogP contribution in [0, 0.1) is 5.41 Å². The lowest BCUT2D eigenvalue weighted by Crippen LogP contribution is -2.69. The molecule has 0 amide bonds. The number of benzene rings is 2. The highest BCUT2D eigenvalue weighted by atomic mass is 16.5. The van der Waals surface area contributed by atoms with Crippen molar-refractivity contribution in [3.05, 3.63) is 51.3 Å². The summed E-state index contributed by atoms with van der Waals surface area (Å²) < 4.78 is 5.74. The van der Waals surface area contributed by atoms with Crippen molar-refractivity contribution in [1.82, 2.24) is 0 Å². The summed E-state index contributed by atoms with van der Waals surface area (Å²) in [6, 6.07) is 1.35. The highest BCUT2D eigenvalue weighted by Crippen LogP contribution is 2.66. The second-order valence-electron chi connectivity index (χ2n) is 12.5. The fourth-order valence-corrected chi connectivity index (χ4v) is 8.22. The van der Waals surface area contributed by atoms with Gasteiger partial charge in [0.05, 0.1) is 18.1 Å². The standard InChI is InChI=1S/C31H32O10/c1-12-7-6-8-28(3,4)29(12)10-14-19-21(15(33)9-17(41-5)23(19)29)24(35)22-20(14)25(36)30(39)11-16(34)18(13(2)32)26(37)31(30,40)27(22)38/h7,9,25,33,35-37,39-40H,6,8,10-11H2,1-5H3/t25-,29+,30-,31+/m1/s1. The smallest absolute Gasteiger partial charge is 0.217 e. The number of ketones is 3. The van der Waals surface area contributed by atoms with Gasteiger partial charge in [-0.25, -0.2) is 0 Å². The van der Waals surface area contributed by atoms with Crippen molar-refractivity contribution >= 4 is 28.1 Å². The first-order valence-electron chi connectivity index (χ1n) is 13.5. The minimum atomic E-state index is -3.33. The number of allylic oxidation sites excluding steroid dienone is 3. The second kappa shape index (κ2) is 7.96. The number of carbonyl (C=O) groups is 3. The zero-order valence-electron chi connectivity index (χ0n) is 23.4. The van der Waals surface area contributed by atoms with Crippen LogP contribution >= 0.6 is 0 Å². The van der Waals surface area contributed by atoms with Crippen molar-refractivity contribution < 1.29 is 49.8 Å². The van der Waals surface area contributed by atoms with Gasteiger partial charge in [0.15, 0.2) is 11.6 Å². The number of aromatic hydroxyl groups is 2. The van der Waals surface area contributed by atoms with E-state index >= 15 is 0 Å². The van der Waals surface area contributed by atoms with Crippen LogP contribution in [0.25, 0.3) is 10.8 Å². The van der Waals surface area contributed by atoms with Gasteiger partial charge in [0.1, 0.15) is 40.3 Å². The third-order valence-electron chi connectivity index (χ3n) is 10.3. The minimum Gasteiger partial charge on any atom is -0.508 e. The molecule has 2 aromatic rings. The molecule has 0 saturated heterocycles. The summed E-state index contributed by atoms with van der Waals surface area (Å²) in [5.74, 6) is -5.67. The Balaban J connectivity index is 1.79. The van der Waals surface area contributed by atoms with Crippen molar-refractivity contribution in [3.8, 4) is 17.2 Å². The van der Waals surface area contributed by atoms with Crippen LogP contribution in [0.4, 0.5) is 0 Å². The van der Waals surface area contributed by atoms with E-state index in [1.807, 2.05) is 6.92 Å². The van der Waals surface area contributed by atoms with Gasteiger partial charge < -0.3 is 35.4 Å². The quantitative estimate of drug-likeness (QED) is 0.234. The number of methoxy groups -OCH3 is 1. The molecular formula is C31H32O10. The fraction of sp³-hybridized carbons (Fsp3) is 0.452. The van der Waals surface area contributed by atoms with Crippen molar-refractivity contribution in [2.24, 2.45) is 5.41 Å². The van der Waals surface area contributed by atoms with Gasteiger partial charge in [-0.1, -0.05) is 25.5 Å². The predicted octanol–water partition coefficient (Wildman–Crippen LogP) is 2.89. The summed E-state index contributed by atoms with van der Waals surface area (Å²) in [7, 11) is 1.45. The number of Topliss-reactive ketones (excluding diaryl/α,β-unsaturated/α-hetero) is 3. The Morgan fingerprint density at radius 3 is 2.32 bits per heavy atom. The molecule has 0 aliphatic heterocycles. The Morgan fingerprint density at radius 2 is 1.73 bits per heavy atom. The average molecular weight is 565 g/mol. The first kappa shape index (κ1) is 27.4. The summed E-state index contributed by atoms with van der Waals surface area (Å²) in [5.41, 5.74) is -7.20. The Hall–Kier alpha value is -3.73. The number of aliphatic hydroxyl groups is 4. The Morgan fingerprint density at radius 1 is 1.07 bits per heavy atom. The number of fused-ring (bicyclic) bond motifs is 4. The number of carbonyl (C=O) groups excluding carboxylic acids is 3. The van der Waals surface area contributed by atoms with Crippen molar-refractivity contribution in [2.45, 2.75) is 76.1 Å². The summed E-state index contributed by atoms with van der Waals surface area (Å²) in [5, 5.41) is 69.2. The average Bonchev–Trinajstić information content (AvgIpc) is 3.24. The molecule has 10 heteroatoms. The number of ether oxygens (including phenoxy) is 1. The number of phenolic OH excluding ortho intramolecular Hbond substituents is 2. The van der Waals surface area contributed by atoms with Gasteiger partial charge in [0.2, 0.25) is 11.4 Å². The van der Waals surface area contributed by atoms with Crippen molar-refractivity contribution in [3.63, 3.8) is 0 Å². The highest BCUT2D eigenvalue weighted by molar-refractivity contribution is 6.24. The van der Waals surface area contributed by atoms with Gasteiger partial charge in [-0.3, -0.25) is 14.4 Å². The Bertz CT molecular complexity index is 1710. The maximum absolute atomic E-state index is 14.1.